The van der Waals surface area contributed by atoms with Crippen LogP contribution in [0.5, 0.6) is 11.5 Å². The smallest absolute Gasteiger partial charge is 0.227 e. The van der Waals surface area contributed by atoms with E-state index in [1.165, 1.54) is 0 Å². The number of nitrogens with zero attached hydrogens (tertiary/aromatic N) is 1. The van der Waals surface area contributed by atoms with E-state index >= 15 is 0 Å². The molecule has 10 heteroatoms. The van der Waals surface area contributed by atoms with Crippen molar-refractivity contribution in [1.82, 2.24) is 10.2 Å². The molecule has 1 amide bonds. The van der Waals surface area contributed by atoms with Gasteiger partial charge in [-0.3, -0.25) is 4.79 Å². The average molecular weight is 607 g/mol. The molecule has 0 saturated carbocycles. The molecule has 0 unspecified atom stereocenters. The van der Waals surface area contributed by atoms with Gasteiger partial charge in [-0.25, -0.2) is 0 Å². The molecule has 1 aliphatic rings. The van der Waals surface area contributed by atoms with Gasteiger partial charge in [-0.15, -0.1) is 12.4 Å². The standard InChI is InChI=1S/C23H30Br2N4O3.ClH/c1-31-20-10-15-4-9-29(22(30)12-16(15)11-21(20)32-2)8-3-5-27-6-7-28-17-13-18(24)23(26)19(25)14-17;/h10-11,13-14,27-28H,3-9,12,26H2,1-2H3;1H. The lowest BCUT2D eigenvalue weighted by Gasteiger charge is -2.20. The molecule has 0 aromatic heterocycles. The van der Waals surface area contributed by atoms with Gasteiger partial charge in [0.25, 0.3) is 0 Å². The molecule has 7 nitrogen and oxygen atoms in total. The van der Waals surface area contributed by atoms with Gasteiger partial charge in [-0.05, 0) is 86.6 Å². The van der Waals surface area contributed by atoms with E-state index in [9.17, 15) is 4.79 Å². The lowest BCUT2D eigenvalue weighted by atomic mass is 10.0. The molecule has 1 aliphatic heterocycles. The number of amides is 1. The molecule has 182 valence electrons. The number of methoxy groups -OCH3 is 2. The molecule has 0 saturated heterocycles. The fourth-order valence-electron chi connectivity index (χ4n) is 3.75. The maximum absolute atomic E-state index is 12.7. The Morgan fingerprint density at radius 1 is 1.00 bits per heavy atom. The summed E-state index contributed by atoms with van der Waals surface area (Å²) in [6.45, 7) is 3.96. The van der Waals surface area contributed by atoms with Crippen LogP contribution in [0.1, 0.15) is 17.5 Å². The van der Waals surface area contributed by atoms with Crippen LogP contribution < -0.4 is 25.8 Å². The fraction of sp³-hybridized carbons (Fsp3) is 0.435. The summed E-state index contributed by atoms with van der Waals surface area (Å²) in [5.74, 6) is 1.55. The first kappa shape index (κ1) is 27.6. The molecule has 2 aromatic rings. The summed E-state index contributed by atoms with van der Waals surface area (Å²) in [6.07, 6.45) is 2.14. The molecule has 0 aliphatic carbocycles. The number of ether oxygens (including phenoxy) is 2. The van der Waals surface area contributed by atoms with Crippen LogP contribution >= 0.6 is 44.3 Å². The van der Waals surface area contributed by atoms with Crippen molar-refractivity contribution in [1.29, 1.82) is 0 Å². The van der Waals surface area contributed by atoms with Gasteiger partial charge in [-0.1, -0.05) is 0 Å². The van der Waals surface area contributed by atoms with Crippen LogP contribution in [-0.2, 0) is 17.6 Å². The van der Waals surface area contributed by atoms with Gasteiger partial charge >= 0.3 is 0 Å². The van der Waals surface area contributed by atoms with E-state index < -0.39 is 0 Å². The number of anilines is 2. The van der Waals surface area contributed by atoms with Gasteiger partial charge in [0, 0.05) is 40.8 Å². The van der Waals surface area contributed by atoms with Crippen molar-refractivity contribution in [2.24, 2.45) is 0 Å². The SMILES string of the molecule is COc1cc2c(cc1OC)CC(=O)N(CCCNCCNc1cc(Br)c(N)c(Br)c1)CC2.Cl. The van der Waals surface area contributed by atoms with Crippen LogP contribution in [0.15, 0.2) is 33.2 Å². The Morgan fingerprint density at radius 2 is 1.64 bits per heavy atom. The third-order valence-corrected chi connectivity index (χ3v) is 6.85. The van der Waals surface area contributed by atoms with Crippen LogP contribution in [0.25, 0.3) is 0 Å². The van der Waals surface area contributed by atoms with E-state index in [4.69, 9.17) is 15.2 Å². The van der Waals surface area contributed by atoms with E-state index in [2.05, 4.69) is 42.5 Å². The zero-order valence-corrected chi connectivity index (χ0v) is 22.9. The van der Waals surface area contributed by atoms with Gasteiger partial charge in [0.05, 0.1) is 26.3 Å². The van der Waals surface area contributed by atoms with Crippen molar-refractivity contribution in [3.8, 4) is 11.5 Å². The number of benzene rings is 2. The first-order chi connectivity index (χ1) is 15.4. The normalized spacial score (nSPS) is 13.1. The number of hydrogen-bond acceptors (Lipinski definition) is 6. The molecule has 2 aromatic carbocycles. The fourth-order valence-corrected chi connectivity index (χ4v) is 4.94. The Labute approximate surface area is 218 Å². The van der Waals surface area contributed by atoms with Gasteiger partial charge in [0.1, 0.15) is 0 Å². The Morgan fingerprint density at radius 3 is 2.27 bits per heavy atom. The number of fused-ring (bicyclic) bond motifs is 1. The van der Waals surface area contributed by atoms with Crippen LogP contribution in [0.4, 0.5) is 11.4 Å². The van der Waals surface area contributed by atoms with E-state index in [1.54, 1.807) is 14.2 Å². The Bertz CT molecular complexity index is 939. The molecule has 0 radical (unpaired) electrons. The number of halogens is 3. The third kappa shape index (κ3) is 7.40. The number of nitrogens with one attached hydrogen (secondary N) is 2. The van der Waals surface area contributed by atoms with Gasteiger partial charge in [-0.2, -0.15) is 0 Å². The second kappa shape index (κ2) is 13.3. The number of carbonyl (C=O) groups excluding carboxylic acids is 1. The maximum atomic E-state index is 12.7. The third-order valence-electron chi connectivity index (χ3n) is 5.54. The first-order valence-electron chi connectivity index (χ1n) is 10.6. The summed E-state index contributed by atoms with van der Waals surface area (Å²) in [6, 6.07) is 7.86. The Kier molecular flexibility index (Phi) is 11.1. The Balaban J connectivity index is 0.00000385. The highest BCUT2D eigenvalue weighted by molar-refractivity contribution is 9.11. The lowest BCUT2D eigenvalue weighted by molar-refractivity contribution is -0.130. The molecule has 0 spiro atoms. The zero-order chi connectivity index (χ0) is 23.1. The summed E-state index contributed by atoms with van der Waals surface area (Å²) >= 11 is 6.91. The predicted octanol–water partition coefficient (Wildman–Crippen LogP) is 4.25. The van der Waals surface area contributed by atoms with Crippen molar-refractivity contribution in [2.45, 2.75) is 19.3 Å². The van der Waals surface area contributed by atoms with Crippen molar-refractivity contribution >= 4 is 61.5 Å². The molecular weight excluding hydrogens is 576 g/mol. The molecular formula is C23H31Br2ClN4O3. The number of hydrogen-bond donors (Lipinski definition) is 3. The lowest BCUT2D eigenvalue weighted by Crippen LogP contribution is -2.35. The summed E-state index contributed by atoms with van der Waals surface area (Å²) < 4.78 is 12.5. The Hall–Kier alpha value is -1.68. The molecule has 0 fully saturated rings. The molecule has 0 bridgehead atoms. The number of nitrogens with two attached hydrogens (primary N) is 1. The van der Waals surface area contributed by atoms with E-state index in [-0.39, 0.29) is 18.3 Å². The summed E-state index contributed by atoms with van der Waals surface area (Å²) in [5, 5.41) is 6.81. The molecule has 1 heterocycles. The number of carbonyl (C=O) groups is 1. The molecule has 3 rings (SSSR count). The highest BCUT2D eigenvalue weighted by atomic mass is 79.9. The highest BCUT2D eigenvalue weighted by Gasteiger charge is 2.22. The quantitative estimate of drug-likeness (QED) is 0.277. The highest BCUT2D eigenvalue weighted by Crippen LogP contribution is 2.33. The van der Waals surface area contributed by atoms with Crippen LogP contribution in [0.3, 0.4) is 0 Å². The maximum Gasteiger partial charge on any atom is 0.227 e. The minimum absolute atomic E-state index is 0. The average Bonchev–Trinajstić information content (AvgIpc) is 2.93. The predicted molar refractivity (Wildman–Crippen MR) is 143 cm³/mol. The zero-order valence-electron chi connectivity index (χ0n) is 18.9. The van der Waals surface area contributed by atoms with E-state index in [0.717, 1.165) is 71.3 Å². The largest absolute Gasteiger partial charge is 0.493 e. The topological polar surface area (TPSA) is 88.9 Å². The van der Waals surface area contributed by atoms with Gasteiger partial charge in [0.15, 0.2) is 11.5 Å². The summed E-state index contributed by atoms with van der Waals surface area (Å²) in [5.41, 5.74) is 9.80. The second-order valence-electron chi connectivity index (χ2n) is 7.67. The molecule has 4 N–H and O–H groups in total. The first-order valence-corrected chi connectivity index (χ1v) is 12.2. The molecule has 33 heavy (non-hydrogen) atoms. The van der Waals surface area contributed by atoms with Crippen LogP contribution in [-0.4, -0.2) is 57.8 Å². The number of rotatable bonds is 10. The monoisotopic (exact) mass is 604 g/mol. The van der Waals surface area contributed by atoms with Crippen molar-refractivity contribution < 1.29 is 14.3 Å². The summed E-state index contributed by atoms with van der Waals surface area (Å²) in [7, 11) is 3.25. The minimum atomic E-state index is 0. The van der Waals surface area contributed by atoms with Crippen LogP contribution in [0, 0.1) is 0 Å². The van der Waals surface area contributed by atoms with Crippen LogP contribution in [0.2, 0.25) is 0 Å². The number of nitrogen functional groups attached to an aromatic ring is 1. The summed E-state index contributed by atoms with van der Waals surface area (Å²) in [4.78, 5) is 14.7. The van der Waals surface area contributed by atoms with E-state index in [0.29, 0.717) is 23.6 Å². The minimum Gasteiger partial charge on any atom is -0.493 e. The van der Waals surface area contributed by atoms with Crippen molar-refractivity contribution in [2.75, 3.05) is 58.0 Å². The van der Waals surface area contributed by atoms with Crippen molar-refractivity contribution in [3.05, 3.63) is 44.3 Å². The second-order valence-corrected chi connectivity index (χ2v) is 9.38. The molecule has 0 atom stereocenters. The van der Waals surface area contributed by atoms with Crippen molar-refractivity contribution in [3.63, 3.8) is 0 Å². The van der Waals surface area contributed by atoms with Gasteiger partial charge in [0.2, 0.25) is 5.91 Å². The van der Waals surface area contributed by atoms with E-state index in [1.807, 2.05) is 29.2 Å². The van der Waals surface area contributed by atoms with Gasteiger partial charge < -0.3 is 30.7 Å².